The molecule has 0 amide bonds. The topological polar surface area (TPSA) is 37.4 Å². The van der Waals surface area contributed by atoms with E-state index in [9.17, 15) is 8.42 Å². The van der Waals surface area contributed by atoms with Crippen molar-refractivity contribution in [2.24, 2.45) is 0 Å². The predicted octanol–water partition coefficient (Wildman–Crippen LogP) is 4.51. The zero-order valence-corrected chi connectivity index (χ0v) is 14.9. The quantitative estimate of drug-likeness (QED) is 0.692. The lowest BCUT2D eigenvalue weighted by atomic mass is 10.1. The highest BCUT2D eigenvalue weighted by Gasteiger charge is 2.40. The van der Waals surface area contributed by atoms with Crippen LogP contribution in [0.1, 0.15) is 64.4 Å². The number of unbranched alkanes of at least 4 members (excludes halogenated alkanes) is 2. The van der Waals surface area contributed by atoms with E-state index in [4.69, 9.17) is 0 Å². The number of rotatable bonds is 7. The van der Waals surface area contributed by atoms with Gasteiger partial charge in [-0.25, -0.2) is 8.42 Å². The van der Waals surface area contributed by atoms with Crippen LogP contribution in [0.4, 0.5) is 0 Å². The minimum Gasteiger partial charge on any atom is -0.207 e. The lowest BCUT2D eigenvalue weighted by Gasteiger charge is -2.29. The number of hydrogen-bond donors (Lipinski definition) is 0. The van der Waals surface area contributed by atoms with E-state index in [0.717, 1.165) is 37.7 Å². The van der Waals surface area contributed by atoms with Gasteiger partial charge in [0.15, 0.2) is 0 Å². The average Bonchev–Trinajstić information content (AvgIpc) is 2.92. The predicted molar refractivity (Wildman–Crippen MR) is 91.4 cm³/mol. The van der Waals surface area contributed by atoms with Gasteiger partial charge in [-0.1, -0.05) is 50.8 Å². The van der Waals surface area contributed by atoms with E-state index in [-0.39, 0.29) is 12.1 Å². The van der Waals surface area contributed by atoms with Crippen molar-refractivity contribution in [3.8, 4) is 0 Å². The summed E-state index contributed by atoms with van der Waals surface area (Å²) < 4.78 is 28.0. The fourth-order valence-corrected chi connectivity index (χ4v) is 5.42. The molecule has 1 fully saturated rings. The van der Waals surface area contributed by atoms with Crippen molar-refractivity contribution in [1.82, 2.24) is 4.31 Å². The molecule has 2 atom stereocenters. The summed E-state index contributed by atoms with van der Waals surface area (Å²) in [6.07, 6.45) is 7.38. The molecule has 0 radical (unpaired) electrons. The Kier molecular flexibility index (Phi) is 6.04. The first kappa shape index (κ1) is 17.5. The smallest absolute Gasteiger partial charge is 0.207 e. The van der Waals surface area contributed by atoms with Crippen LogP contribution in [-0.2, 0) is 10.0 Å². The second kappa shape index (κ2) is 7.60. The maximum atomic E-state index is 13.1. The van der Waals surface area contributed by atoms with Gasteiger partial charge in [0.1, 0.15) is 0 Å². The molecule has 1 aliphatic rings. The van der Waals surface area contributed by atoms with Crippen LogP contribution in [0.15, 0.2) is 29.2 Å². The third-order valence-corrected chi connectivity index (χ3v) is 6.78. The molecule has 1 heterocycles. The summed E-state index contributed by atoms with van der Waals surface area (Å²) in [6.45, 7) is 6.26. The van der Waals surface area contributed by atoms with Gasteiger partial charge in [0.25, 0.3) is 0 Å². The van der Waals surface area contributed by atoms with E-state index >= 15 is 0 Å². The molecule has 0 unspecified atom stereocenters. The SMILES string of the molecule is CCCCC[C@@H]1CC[C@H](CC)N1S(=O)(=O)c1ccc(C)cc1. The van der Waals surface area contributed by atoms with Gasteiger partial charge in [-0.2, -0.15) is 4.31 Å². The van der Waals surface area contributed by atoms with E-state index < -0.39 is 10.0 Å². The Morgan fingerprint density at radius 2 is 1.68 bits per heavy atom. The summed E-state index contributed by atoms with van der Waals surface area (Å²) in [5.41, 5.74) is 1.09. The van der Waals surface area contributed by atoms with Crippen LogP contribution in [0.5, 0.6) is 0 Å². The molecule has 1 aromatic rings. The highest BCUT2D eigenvalue weighted by molar-refractivity contribution is 7.89. The lowest BCUT2D eigenvalue weighted by molar-refractivity contribution is 0.299. The summed E-state index contributed by atoms with van der Waals surface area (Å²) in [5.74, 6) is 0. The first-order valence-electron chi connectivity index (χ1n) is 8.61. The van der Waals surface area contributed by atoms with Gasteiger partial charge in [0.2, 0.25) is 10.0 Å². The van der Waals surface area contributed by atoms with Crippen LogP contribution in [0, 0.1) is 6.92 Å². The Labute approximate surface area is 135 Å². The first-order chi connectivity index (χ1) is 10.5. The lowest BCUT2D eigenvalue weighted by Crippen LogP contribution is -2.40. The summed E-state index contributed by atoms with van der Waals surface area (Å²) in [5, 5.41) is 0. The van der Waals surface area contributed by atoms with Crippen molar-refractivity contribution in [3.63, 3.8) is 0 Å². The van der Waals surface area contributed by atoms with Crippen molar-refractivity contribution < 1.29 is 8.42 Å². The second-order valence-electron chi connectivity index (χ2n) is 6.44. The molecule has 0 saturated carbocycles. The Morgan fingerprint density at radius 1 is 1.05 bits per heavy atom. The molecule has 1 aliphatic heterocycles. The molecule has 1 saturated heterocycles. The number of nitrogens with zero attached hydrogens (tertiary/aromatic N) is 1. The molecule has 22 heavy (non-hydrogen) atoms. The molecule has 3 nitrogen and oxygen atoms in total. The fourth-order valence-electron chi connectivity index (χ4n) is 3.45. The Balaban J connectivity index is 2.25. The van der Waals surface area contributed by atoms with E-state index in [1.807, 2.05) is 23.4 Å². The zero-order chi connectivity index (χ0) is 16.2. The van der Waals surface area contributed by atoms with Crippen LogP contribution in [0.2, 0.25) is 0 Å². The minimum absolute atomic E-state index is 0.165. The Hall–Kier alpha value is -0.870. The molecule has 1 aromatic carbocycles. The molecular weight excluding hydrogens is 294 g/mol. The molecule has 2 rings (SSSR count). The number of benzene rings is 1. The highest BCUT2D eigenvalue weighted by atomic mass is 32.2. The van der Waals surface area contributed by atoms with Crippen LogP contribution < -0.4 is 0 Å². The normalized spacial score (nSPS) is 23.0. The molecule has 0 aromatic heterocycles. The highest BCUT2D eigenvalue weighted by Crippen LogP contribution is 2.35. The van der Waals surface area contributed by atoms with Crippen molar-refractivity contribution in [2.75, 3.05) is 0 Å². The van der Waals surface area contributed by atoms with E-state index in [1.165, 1.54) is 12.8 Å². The molecule has 0 aliphatic carbocycles. The molecule has 0 spiro atoms. The van der Waals surface area contributed by atoms with Crippen LogP contribution in [-0.4, -0.2) is 24.8 Å². The van der Waals surface area contributed by atoms with E-state index in [2.05, 4.69) is 13.8 Å². The van der Waals surface area contributed by atoms with E-state index in [0.29, 0.717) is 4.90 Å². The first-order valence-corrected chi connectivity index (χ1v) is 10.0. The molecule has 0 bridgehead atoms. The Morgan fingerprint density at radius 3 is 2.27 bits per heavy atom. The average molecular weight is 324 g/mol. The van der Waals surface area contributed by atoms with Gasteiger partial charge in [0.05, 0.1) is 4.90 Å². The van der Waals surface area contributed by atoms with Crippen molar-refractivity contribution in [3.05, 3.63) is 29.8 Å². The fraction of sp³-hybridized carbons (Fsp3) is 0.667. The summed E-state index contributed by atoms with van der Waals surface area (Å²) in [7, 11) is -3.37. The second-order valence-corrected chi connectivity index (χ2v) is 8.28. The van der Waals surface area contributed by atoms with Crippen molar-refractivity contribution >= 4 is 10.0 Å². The third-order valence-electron chi connectivity index (χ3n) is 4.76. The molecular formula is C18H29NO2S. The summed E-state index contributed by atoms with van der Waals surface area (Å²) in [6, 6.07) is 7.62. The standard InChI is InChI=1S/C18H29NO2S/c1-4-6-7-8-17-12-11-16(5-2)19(17)22(20,21)18-13-9-15(3)10-14-18/h9-10,13-14,16-17H,4-8,11-12H2,1-3H3/t16-,17+/m0/s1. The third kappa shape index (κ3) is 3.72. The van der Waals surface area contributed by atoms with Gasteiger partial charge in [-0.15, -0.1) is 0 Å². The van der Waals surface area contributed by atoms with Crippen LogP contribution >= 0.6 is 0 Å². The van der Waals surface area contributed by atoms with Gasteiger partial charge < -0.3 is 0 Å². The zero-order valence-electron chi connectivity index (χ0n) is 14.1. The van der Waals surface area contributed by atoms with Gasteiger partial charge in [-0.3, -0.25) is 0 Å². The molecule has 0 N–H and O–H groups in total. The number of sulfonamides is 1. The molecule has 124 valence electrons. The minimum atomic E-state index is -3.37. The maximum Gasteiger partial charge on any atom is 0.243 e. The Bertz CT molecular complexity index is 565. The van der Waals surface area contributed by atoms with Gasteiger partial charge in [0, 0.05) is 12.1 Å². The van der Waals surface area contributed by atoms with Crippen LogP contribution in [0.25, 0.3) is 0 Å². The number of hydrogen-bond acceptors (Lipinski definition) is 2. The molecule has 4 heteroatoms. The van der Waals surface area contributed by atoms with Gasteiger partial charge >= 0.3 is 0 Å². The van der Waals surface area contributed by atoms with Gasteiger partial charge in [-0.05, 0) is 44.7 Å². The number of aryl methyl sites for hydroxylation is 1. The summed E-state index contributed by atoms with van der Waals surface area (Å²) >= 11 is 0. The maximum absolute atomic E-state index is 13.1. The van der Waals surface area contributed by atoms with Crippen LogP contribution in [0.3, 0.4) is 0 Å². The largest absolute Gasteiger partial charge is 0.243 e. The monoisotopic (exact) mass is 323 g/mol. The van der Waals surface area contributed by atoms with Crippen molar-refractivity contribution in [2.45, 2.75) is 82.7 Å². The van der Waals surface area contributed by atoms with E-state index in [1.54, 1.807) is 12.1 Å². The van der Waals surface area contributed by atoms with Crippen molar-refractivity contribution in [1.29, 1.82) is 0 Å². The summed E-state index contributed by atoms with van der Waals surface area (Å²) in [4.78, 5) is 0.443.